The first-order valence-electron chi connectivity index (χ1n) is 6.65. The number of nitrogens with two attached hydrogens (primary N) is 1. The summed E-state index contributed by atoms with van der Waals surface area (Å²) in [4.78, 5) is 2.15. The molecule has 1 unspecified atom stereocenters. The van der Waals surface area contributed by atoms with Crippen LogP contribution in [-0.4, -0.2) is 39.5 Å². The predicted molar refractivity (Wildman–Crippen MR) is 81.3 cm³/mol. The first kappa shape index (κ1) is 15.6. The Morgan fingerprint density at radius 2 is 2.20 bits per heavy atom. The number of piperidine rings is 1. The number of nitrogens with zero attached hydrogens (tertiary/aromatic N) is 1. The SMILES string of the molecule is CN1CCCCC1CNS(=O)(=O)c1c(N)cccc1Cl. The van der Waals surface area contributed by atoms with Crippen molar-refractivity contribution in [2.24, 2.45) is 0 Å². The van der Waals surface area contributed by atoms with E-state index in [9.17, 15) is 8.42 Å². The Kier molecular flexibility index (Phi) is 4.90. The van der Waals surface area contributed by atoms with E-state index < -0.39 is 10.0 Å². The maximum absolute atomic E-state index is 12.3. The fraction of sp³-hybridized carbons (Fsp3) is 0.538. The normalized spacial score (nSPS) is 21.0. The molecule has 0 spiro atoms. The number of benzene rings is 1. The van der Waals surface area contributed by atoms with E-state index in [0.717, 1.165) is 25.8 Å². The van der Waals surface area contributed by atoms with Crippen LogP contribution in [0.4, 0.5) is 5.69 Å². The van der Waals surface area contributed by atoms with E-state index in [-0.39, 0.29) is 21.6 Å². The molecule has 0 aliphatic carbocycles. The number of hydrogen-bond acceptors (Lipinski definition) is 4. The molecule has 2 rings (SSSR count). The van der Waals surface area contributed by atoms with E-state index in [1.807, 2.05) is 7.05 Å². The van der Waals surface area contributed by atoms with Crippen LogP contribution in [0.1, 0.15) is 19.3 Å². The van der Waals surface area contributed by atoms with Gasteiger partial charge in [0.2, 0.25) is 10.0 Å². The lowest BCUT2D eigenvalue weighted by Gasteiger charge is -2.32. The van der Waals surface area contributed by atoms with Crippen LogP contribution in [0.15, 0.2) is 23.1 Å². The summed E-state index contributed by atoms with van der Waals surface area (Å²) in [6, 6.07) is 4.92. The lowest BCUT2D eigenvalue weighted by Crippen LogP contribution is -2.44. The van der Waals surface area contributed by atoms with Crippen LogP contribution >= 0.6 is 11.6 Å². The van der Waals surface area contributed by atoms with Gasteiger partial charge in [-0.3, -0.25) is 0 Å². The molecule has 1 heterocycles. The molecule has 0 bridgehead atoms. The summed E-state index contributed by atoms with van der Waals surface area (Å²) < 4.78 is 27.3. The third-order valence-corrected chi connectivity index (χ3v) is 5.66. The zero-order chi connectivity index (χ0) is 14.8. The van der Waals surface area contributed by atoms with Crippen molar-refractivity contribution in [3.63, 3.8) is 0 Å². The lowest BCUT2D eigenvalue weighted by molar-refractivity contribution is 0.187. The number of hydrogen-bond donors (Lipinski definition) is 2. The summed E-state index contributed by atoms with van der Waals surface area (Å²) in [6.45, 7) is 1.38. The second-order valence-electron chi connectivity index (χ2n) is 5.14. The first-order chi connectivity index (χ1) is 9.42. The van der Waals surface area contributed by atoms with Crippen LogP contribution in [0.25, 0.3) is 0 Å². The van der Waals surface area contributed by atoms with Crippen LogP contribution in [0, 0.1) is 0 Å². The fourth-order valence-corrected chi connectivity index (χ4v) is 4.23. The van der Waals surface area contributed by atoms with Crippen molar-refractivity contribution in [3.05, 3.63) is 23.2 Å². The van der Waals surface area contributed by atoms with Gasteiger partial charge in [-0.05, 0) is 38.6 Å². The molecule has 0 aromatic heterocycles. The number of halogens is 1. The molecule has 1 aromatic rings. The number of rotatable bonds is 4. The van der Waals surface area contributed by atoms with E-state index in [2.05, 4.69) is 9.62 Å². The summed E-state index contributed by atoms with van der Waals surface area (Å²) in [5.41, 5.74) is 5.90. The Morgan fingerprint density at radius 1 is 1.45 bits per heavy atom. The van der Waals surface area contributed by atoms with E-state index in [1.165, 1.54) is 12.1 Å². The highest BCUT2D eigenvalue weighted by molar-refractivity contribution is 7.89. The van der Waals surface area contributed by atoms with Gasteiger partial charge in [0.15, 0.2) is 0 Å². The van der Waals surface area contributed by atoms with Crippen LogP contribution in [0.5, 0.6) is 0 Å². The standard InChI is InChI=1S/C13H20ClN3O2S/c1-17-8-3-2-5-10(17)9-16-20(18,19)13-11(14)6-4-7-12(13)15/h4,6-7,10,16H,2-3,5,8-9,15H2,1H3. The van der Waals surface area contributed by atoms with Gasteiger partial charge in [-0.2, -0.15) is 0 Å². The minimum atomic E-state index is -3.68. The second-order valence-corrected chi connectivity index (χ2v) is 7.25. The summed E-state index contributed by atoms with van der Waals surface area (Å²) in [5.74, 6) is 0. The Bertz CT molecular complexity index is 557. The maximum atomic E-state index is 12.3. The molecule has 112 valence electrons. The Hall–Kier alpha value is -0.820. The molecule has 20 heavy (non-hydrogen) atoms. The Morgan fingerprint density at radius 3 is 2.85 bits per heavy atom. The molecule has 0 radical (unpaired) electrons. The van der Waals surface area contributed by atoms with Crippen molar-refractivity contribution >= 4 is 27.3 Å². The van der Waals surface area contributed by atoms with Crippen molar-refractivity contribution in [2.45, 2.75) is 30.2 Å². The first-order valence-corrected chi connectivity index (χ1v) is 8.52. The highest BCUT2D eigenvalue weighted by Gasteiger charge is 2.24. The number of anilines is 1. The topological polar surface area (TPSA) is 75.4 Å². The molecule has 0 saturated carbocycles. The van der Waals surface area contributed by atoms with Gasteiger partial charge in [0.05, 0.1) is 10.7 Å². The van der Waals surface area contributed by atoms with E-state index >= 15 is 0 Å². The van der Waals surface area contributed by atoms with E-state index in [4.69, 9.17) is 17.3 Å². The molecule has 1 aliphatic rings. The van der Waals surface area contributed by atoms with Crippen molar-refractivity contribution < 1.29 is 8.42 Å². The van der Waals surface area contributed by atoms with Crippen LogP contribution in [-0.2, 0) is 10.0 Å². The van der Waals surface area contributed by atoms with Crippen LogP contribution in [0.3, 0.4) is 0 Å². The maximum Gasteiger partial charge on any atom is 0.244 e. The Balaban J connectivity index is 2.11. The van der Waals surface area contributed by atoms with Gasteiger partial charge in [0.1, 0.15) is 4.90 Å². The van der Waals surface area contributed by atoms with E-state index in [0.29, 0.717) is 6.54 Å². The van der Waals surface area contributed by atoms with Crippen molar-refractivity contribution in [2.75, 3.05) is 25.9 Å². The predicted octanol–water partition coefficient (Wildman–Crippen LogP) is 1.68. The van der Waals surface area contributed by atoms with Crippen LogP contribution < -0.4 is 10.5 Å². The Labute approximate surface area is 125 Å². The third kappa shape index (κ3) is 3.44. The monoisotopic (exact) mass is 317 g/mol. The van der Waals surface area contributed by atoms with Crippen molar-refractivity contribution in [1.82, 2.24) is 9.62 Å². The number of likely N-dealkylation sites (N-methyl/N-ethyl adjacent to an activating group) is 1. The zero-order valence-corrected chi connectivity index (χ0v) is 13.0. The molecule has 1 aliphatic heterocycles. The average Bonchev–Trinajstić information content (AvgIpc) is 2.37. The van der Waals surface area contributed by atoms with Gasteiger partial charge in [0, 0.05) is 12.6 Å². The molecular weight excluding hydrogens is 298 g/mol. The van der Waals surface area contributed by atoms with Gasteiger partial charge in [-0.25, -0.2) is 13.1 Å². The summed E-state index contributed by atoms with van der Waals surface area (Å²) in [7, 11) is -1.66. The lowest BCUT2D eigenvalue weighted by atomic mass is 10.0. The minimum absolute atomic E-state index is 0.0277. The molecule has 7 heteroatoms. The van der Waals surface area contributed by atoms with Crippen LogP contribution in [0.2, 0.25) is 5.02 Å². The number of sulfonamides is 1. The fourth-order valence-electron chi connectivity index (χ4n) is 2.49. The largest absolute Gasteiger partial charge is 0.398 e. The van der Waals surface area contributed by atoms with Gasteiger partial charge in [-0.1, -0.05) is 24.1 Å². The smallest absolute Gasteiger partial charge is 0.244 e. The molecule has 1 atom stereocenters. The van der Waals surface area contributed by atoms with Gasteiger partial charge >= 0.3 is 0 Å². The molecule has 1 aromatic carbocycles. The molecule has 5 nitrogen and oxygen atoms in total. The highest BCUT2D eigenvalue weighted by Crippen LogP contribution is 2.27. The van der Waals surface area contributed by atoms with Crippen molar-refractivity contribution in [1.29, 1.82) is 0 Å². The second kappa shape index (κ2) is 6.30. The molecule has 0 amide bonds. The van der Waals surface area contributed by atoms with Crippen molar-refractivity contribution in [3.8, 4) is 0 Å². The molecular formula is C13H20ClN3O2S. The molecule has 1 fully saturated rings. The highest BCUT2D eigenvalue weighted by atomic mass is 35.5. The quantitative estimate of drug-likeness (QED) is 0.829. The molecule has 1 saturated heterocycles. The number of likely N-dealkylation sites (tertiary alicyclic amines) is 1. The number of nitrogen functional groups attached to an aromatic ring is 1. The average molecular weight is 318 g/mol. The zero-order valence-electron chi connectivity index (χ0n) is 11.5. The minimum Gasteiger partial charge on any atom is -0.398 e. The number of nitrogens with one attached hydrogen (secondary N) is 1. The third-order valence-electron chi connectivity index (χ3n) is 3.70. The van der Waals surface area contributed by atoms with Gasteiger partial charge in [-0.15, -0.1) is 0 Å². The summed E-state index contributed by atoms with van der Waals surface area (Å²) in [5, 5.41) is 0.148. The van der Waals surface area contributed by atoms with Gasteiger partial charge < -0.3 is 10.6 Å². The summed E-state index contributed by atoms with van der Waals surface area (Å²) >= 11 is 5.95. The molecule has 3 N–H and O–H groups in total. The summed E-state index contributed by atoms with van der Waals surface area (Å²) in [6.07, 6.45) is 3.29. The van der Waals surface area contributed by atoms with Gasteiger partial charge in [0.25, 0.3) is 0 Å². The van der Waals surface area contributed by atoms with E-state index in [1.54, 1.807) is 6.07 Å².